The largest absolute Gasteiger partial charge is 0.364 e. The zero-order chi connectivity index (χ0) is 18.8. The first-order valence-electron chi connectivity index (χ1n) is 9.35. The molecule has 4 rings (SSSR count). The van der Waals surface area contributed by atoms with E-state index >= 15 is 0 Å². The van der Waals surface area contributed by atoms with Crippen molar-refractivity contribution in [2.75, 3.05) is 26.2 Å². The number of nitrogens with two attached hydrogens (primary N) is 1. The third-order valence-electron chi connectivity index (χ3n) is 5.10. The van der Waals surface area contributed by atoms with Gasteiger partial charge in [-0.25, -0.2) is 4.98 Å². The summed E-state index contributed by atoms with van der Waals surface area (Å²) in [6.45, 7) is 3.86. The Hall–Kier alpha value is -2.93. The van der Waals surface area contributed by atoms with Gasteiger partial charge >= 0.3 is 0 Å². The second-order valence-corrected chi connectivity index (χ2v) is 6.97. The summed E-state index contributed by atoms with van der Waals surface area (Å²) in [5, 5.41) is 4.61. The van der Waals surface area contributed by atoms with Crippen LogP contribution in [-0.2, 0) is 0 Å². The number of nitrogens with zero attached hydrogens (tertiary/aromatic N) is 2. The van der Waals surface area contributed by atoms with E-state index in [9.17, 15) is 9.59 Å². The van der Waals surface area contributed by atoms with E-state index < -0.39 is 5.91 Å². The van der Waals surface area contributed by atoms with Gasteiger partial charge < -0.3 is 20.9 Å². The number of pyridine rings is 1. The van der Waals surface area contributed by atoms with Crippen LogP contribution < -0.4 is 11.1 Å². The minimum absolute atomic E-state index is 0.0888. The summed E-state index contributed by atoms with van der Waals surface area (Å²) in [4.78, 5) is 34.3. The molecule has 0 aliphatic carbocycles. The Morgan fingerprint density at radius 2 is 1.96 bits per heavy atom. The lowest BCUT2D eigenvalue weighted by molar-refractivity contribution is 0.0947. The molecule has 0 saturated carbocycles. The molecule has 0 bridgehead atoms. The Kier molecular flexibility index (Phi) is 4.77. The highest BCUT2D eigenvalue weighted by Crippen LogP contribution is 2.27. The van der Waals surface area contributed by atoms with E-state index in [1.807, 2.05) is 24.3 Å². The van der Waals surface area contributed by atoms with Crippen LogP contribution in [0.25, 0.3) is 21.8 Å². The molecule has 1 aromatic carbocycles. The molecule has 0 unspecified atom stereocenters. The summed E-state index contributed by atoms with van der Waals surface area (Å²) in [6.07, 6.45) is 3.41. The summed E-state index contributed by atoms with van der Waals surface area (Å²) in [6, 6.07) is 9.40. The molecule has 3 heterocycles. The molecular formula is C20H23N5O2. The molecule has 0 radical (unpaired) electrons. The number of primary amides is 1. The molecule has 0 atom stereocenters. The normalized spacial score (nSPS) is 14.8. The second-order valence-electron chi connectivity index (χ2n) is 6.97. The van der Waals surface area contributed by atoms with Gasteiger partial charge in [-0.15, -0.1) is 0 Å². The predicted molar refractivity (Wildman–Crippen MR) is 105 cm³/mol. The first kappa shape index (κ1) is 17.5. The summed E-state index contributed by atoms with van der Waals surface area (Å²) in [5.74, 6) is -0.943. The van der Waals surface area contributed by atoms with Gasteiger partial charge in [-0.3, -0.25) is 9.59 Å². The van der Waals surface area contributed by atoms with E-state index in [2.05, 4.69) is 20.2 Å². The molecule has 1 aliphatic heterocycles. The SMILES string of the molecule is NC(=O)c1nc(C(=O)NCCCN2CCCC2)cc2c1[nH]c1ccccc12. The van der Waals surface area contributed by atoms with Gasteiger partial charge in [-0.2, -0.15) is 0 Å². The Bertz CT molecular complexity index is 1000. The molecule has 1 aliphatic rings. The van der Waals surface area contributed by atoms with Crippen LogP contribution in [0.4, 0.5) is 0 Å². The van der Waals surface area contributed by atoms with E-state index in [4.69, 9.17) is 5.73 Å². The Labute approximate surface area is 156 Å². The van der Waals surface area contributed by atoms with Crippen molar-refractivity contribution in [3.05, 3.63) is 41.7 Å². The van der Waals surface area contributed by atoms with E-state index in [1.165, 1.54) is 12.8 Å². The number of aromatic nitrogens is 2. The first-order valence-corrected chi connectivity index (χ1v) is 9.35. The van der Waals surface area contributed by atoms with E-state index in [-0.39, 0.29) is 17.3 Å². The van der Waals surface area contributed by atoms with Crippen molar-refractivity contribution in [2.45, 2.75) is 19.3 Å². The van der Waals surface area contributed by atoms with Crippen LogP contribution in [0.1, 0.15) is 40.2 Å². The Morgan fingerprint density at radius 3 is 2.74 bits per heavy atom. The fourth-order valence-corrected chi connectivity index (χ4v) is 3.74. The van der Waals surface area contributed by atoms with Crippen molar-refractivity contribution < 1.29 is 9.59 Å². The Balaban J connectivity index is 1.56. The number of rotatable bonds is 6. The number of carbonyl (C=O) groups excluding carboxylic acids is 2. The summed E-state index contributed by atoms with van der Waals surface area (Å²) in [5.41, 5.74) is 7.24. The predicted octanol–water partition coefficient (Wildman–Crippen LogP) is 2.03. The smallest absolute Gasteiger partial charge is 0.269 e. The third-order valence-corrected chi connectivity index (χ3v) is 5.10. The number of hydrogen-bond acceptors (Lipinski definition) is 4. The molecule has 7 nitrogen and oxygen atoms in total. The van der Waals surface area contributed by atoms with E-state index in [0.29, 0.717) is 12.1 Å². The van der Waals surface area contributed by atoms with Gasteiger partial charge in [0.05, 0.1) is 5.52 Å². The first-order chi connectivity index (χ1) is 13.1. The third kappa shape index (κ3) is 3.50. The standard InChI is InChI=1S/C20H23N5O2/c21-19(26)18-17-14(13-6-1-2-7-15(13)23-17)12-16(24-18)20(27)22-8-5-11-25-9-3-4-10-25/h1-2,6-7,12,23H,3-5,8-11H2,(H2,21,26)(H,22,27). The van der Waals surface area contributed by atoms with Crippen LogP contribution in [0.15, 0.2) is 30.3 Å². The zero-order valence-corrected chi connectivity index (χ0v) is 15.1. The molecule has 1 saturated heterocycles. The van der Waals surface area contributed by atoms with Gasteiger partial charge in [0.1, 0.15) is 5.69 Å². The molecule has 0 spiro atoms. The second kappa shape index (κ2) is 7.36. The number of para-hydroxylation sites is 1. The van der Waals surface area contributed by atoms with Crippen LogP contribution in [0.3, 0.4) is 0 Å². The highest BCUT2D eigenvalue weighted by molar-refractivity contribution is 6.15. The highest BCUT2D eigenvalue weighted by Gasteiger charge is 2.18. The number of aromatic amines is 1. The lowest BCUT2D eigenvalue weighted by atomic mass is 10.1. The highest BCUT2D eigenvalue weighted by atomic mass is 16.2. The van der Waals surface area contributed by atoms with Crippen LogP contribution in [0.5, 0.6) is 0 Å². The molecule has 2 amide bonds. The van der Waals surface area contributed by atoms with E-state index in [0.717, 1.165) is 42.3 Å². The minimum Gasteiger partial charge on any atom is -0.364 e. The van der Waals surface area contributed by atoms with Crippen molar-refractivity contribution in [3.63, 3.8) is 0 Å². The molecule has 7 heteroatoms. The lowest BCUT2D eigenvalue weighted by Crippen LogP contribution is -2.29. The number of amides is 2. The maximum atomic E-state index is 12.6. The van der Waals surface area contributed by atoms with Crippen LogP contribution in [0.2, 0.25) is 0 Å². The van der Waals surface area contributed by atoms with Gasteiger partial charge in [0.2, 0.25) is 0 Å². The van der Waals surface area contributed by atoms with Gasteiger partial charge in [0.25, 0.3) is 11.8 Å². The monoisotopic (exact) mass is 365 g/mol. The molecule has 4 N–H and O–H groups in total. The van der Waals surface area contributed by atoms with Gasteiger partial charge in [-0.1, -0.05) is 18.2 Å². The van der Waals surface area contributed by atoms with Crippen molar-refractivity contribution in [1.82, 2.24) is 20.2 Å². The van der Waals surface area contributed by atoms with Gasteiger partial charge in [-0.05, 0) is 51.0 Å². The lowest BCUT2D eigenvalue weighted by Gasteiger charge is -2.14. The van der Waals surface area contributed by atoms with Gasteiger partial charge in [0, 0.05) is 22.8 Å². The summed E-state index contributed by atoms with van der Waals surface area (Å²) in [7, 11) is 0. The molecule has 2 aromatic heterocycles. The zero-order valence-electron chi connectivity index (χ0n) is 15.1. The van der Waals surface area contributed by atoms with Crippen molar-refractivity contribution in [3.8, 4) is 0 Å². The number of nitrogens with one attached hydrogen (secondary N) is 2. The number of hydrogen-bond donors (Lipinski definition) is 3. The number of carbonyl (C=O) groups is 2. The number of benzene rings is 1. The molecule has 27 heavy (non-hydrogen) atoms. The number of H-pyrrole nitrogens is 1. The maximum Gasteiger partial charge on any atom is 0.269 e. The summed E-state index contributed by atoms with van der Waals surface area (Å²) < 4.78 is 0. The molecule has 1 fully saturated rings. The number of likely N-dealkylation sites (tertiary alicyclic amines) is 1. The number of fused-ring (bicyclic) bond motifs is 3. The quantitative estimate of drug-likeness (QED) is 0.581. The fraction of sp³-hybridized carbons (Fsp3) is 0.350. The fourth-order valence-electron chi connectivity index (χ4n) is 3.74. The summed E-state index contributed by atoms with van der Waals surface area (Å²) >= 11 is 0. The van der Waals surface area contributed by atoms with Crippen LogP contribution >= 0.6 is 0 Å². The van der Waals surface area contributed by atoms with Crippen LogP contribution in [0, 0.1) is 0 Å². The molecular weight excluding hydrogens is 342 g/mol. The topological polar surface area (TPSA) is 104 Å². The van der Waals surface area contributed by atoms with Crippen molar-refractivity contribution in [1.29, 1.82) is 0 Å². The molecule has 140 valence electrons. The maximum absolute atomic E-state index is 12.6. The average Bonchev–Trinajstić information content (AvgIpc) is 3.31. The Morgan fingerprint density at radius 1 is 1.19 bits per heavy atom. The minimum atomic E-state index is -0.657. The van der Waals surface area contributed by atoms with Crippen molar-refractivity contribution >= 4 is 33.6 Å². The van der Waals surface area contributed by atoms with Crippen LogP contribution in [-0.4, -0.2) is 52.9 Å². The molecule has 3 aromatic rings. The van der Waals surface area contributed by atoms with Gasteiger partial charge in [0.15, 0.2) is 5.69 Å². The van der Waals surface area contributed by atoms with Crippen molar-refractivity contribution in [2.24, 2.45) is 5.73 Å². The van der Waals surface area contributed by atoms with E-state index in [1.54, 1.807) is 6.07 Å². The average molecular weight is 365 g/mol.